The molecule has 0 aliphatic rings. The lowest BCUT2D eigenvalue weighted by Gasteiger charge is -2.19. The zero-order chi connectivity index (χ0) is 18.0. The van der Waals surface area contributed by atoms with Crippen LogP contribution in [0.1, 0.15) is 17.0 Å². The fourth-order valence-corrected chi connectivity index (χ4v) is 2.78. The Labute approximate surface area is 148 Å². The van der Waals surface area contributed by atoms with E-state index in [-0.39, 0.29) is 0 Å². The Morgan fingerprint density at radius 3 is 2.36 bits per heavy atom. The van der Waals surface area contributed by atoms with Crippen LogP contribution in [0.15, 0.2) is 42.5 Å². The van der Waals surface area contributed by atoms with Crippen molar-refractivity contribution in [2.24, 2.45) is 0 Å². The number of aryl methyl sites for hydroxylation is 2. The van der Waals surface area contributed by atoms with E-state index >= 15 is 0 Å². The summed E-state index contributed by atoms with van der Waals surface area (Å²) in [6.45, 7) is 4.76. The number of hydrogen-bond acceptors (Lipinski definition) is 5. The molecule has 0 unspecified atom stereocenters. The van der Waals surface area contributed by atoms with Gasteiger partial charge in [-0.2, -0.15) is 5.10 Å². The van der Waals surface area contributed by atoms with Crippen molar-refractivity contribution >= 4 is 11.5 Å². The summed E-state index contributed by atoms with van der Waals surface area (Å²) in [4.78, 5) is 4.19. The molecule has 1 aromatic carbocycles. The molecule has 130 valence electrons. The second kappa shape index (κ2) is 6.93. The first-order valence-corrected chi connectivity index (χ1v) is 8.29. The summed E-state index contributed by atoms with van der Waals surface area (Å²) in [6, 6.07) is 14.5. The zero-order valence-corrected chi connectivity index (χ0v) is 15.4. The van der Waals surface area contributed by atoms with Gasteiger partial charge in [-0.1, -0.05) is 12.1 Å². The van der Waals surface area contributed by atoms with E-state index in [9.17, 15) is 0 Å². The van der Waals surface area contributed by atoms with Gasteiger partial charge in [0, 0.05) is 39.1 Å². The molecule has 0 atom stereocenters. The fourth-order valence-electron chi connectivity index (χ4n) is 2.78. The molecule has 6 heteroatoms. The van der Waals surface area contributed by atoms with Crippen LogP contribution in [-0.4, -0.2) is 41.1 Å². The highest BCUT2D eigenvalue weighted by molar-refractivity contribution is 5.48. The van der Waals surface area contributed by atoms with Gasteiger partial charge in [0.2, 0.25) is 0 Å². The second-order valence-electron chi connectivity index (χ2n) is 6.51. The van der Waals surface area contributed by atoms with Crippen molar-refractivity contribution in [2.75, 3.05) is 30.9 Å². The molecule has 0 amide bonds. The first-order valence-electron chi connectivity index (χ1n) is 8.29. The molecule has 0 spiro atoms. The van der Waals surface area contributed by atoms with Crippen molar-refractivity contribution < 1.29 is 0 Å². The highest BCUT2D eigenvalue weighted by Gasteiger charge is 2.09. The normalized spacial score (nSPS) is 10.8. The van der Waals surface area contributed by atoms with E-state index in [1.807, 2.05) is 57.9 Å². The van der Waals surface area contributed by atoms with Crippen molar-refractivity contribution in [1.82, 2.24) is 20.0 Å². The van der Waals surface area contributed by atoms with Gasteiger partial charge in [0.1, 0.15) is 0 Å². The summed E-state index contributed by atoms with van der Waals surface area (Å²) in [6.07, 6.45) is 0. The minimum absolute atomic E-state index is 0.734. The smallest absolute Gasteiger partial charge is 0.176 e. The van der Waals surface area contributed by atoms with E-state index in [1.165, 1.54) is 11.3 Å². The lowest BCUT2D eigenvalue weighted by atomic mass is 10.2. The maximum atomic E-state index is 4.44. The third kappa shape index (κ3) is 3.79. The van der Waals surface area contributed by atoms with Gasteiger partial charge >= 0.3 is 0 Å². The maximum absolute atomic E-state index is 4.44. The van der Waals surface area contributed by atoms with Gasteiger partial charge in [-0.05, 0) is 49.7 Å². The standard InChI is InChI=1S/C19H24N6/c1-14-11-15(2)25(22-14)19-10-9-18(20-21-19)24(5)13-16-7-6-8-17(12-16)23(3)4/h6-12H,13H2,1-5H3. The average molecular weight is 336 g/mol. The monoisotopic (exact) mass is 336 g/mol. The van der Waals surface area contributed by atoms with Crippen LogP contribution < -0.4 is 9.80 Å². The Bertz CT molecular complexity index is 851. The molecule has 0 fully saturated rings. The van der Waals surface area contributed by atoms with E-state index in [2.05, 4.69) is 49.4 Å². The molecule has 0 N–H and O–H groups in total. The first kappa shape index (κ1) is 17.0. The van der Waals surface area contributed by atoms with Gasteiger partial charge in [-0.3, -0.25) is 0 Å². The second-order valence-corrected chi connectivity index (χ2v) is 6.51. The Morgan fingerprint density at radius 2 is 1.76 bits per heavy atom. The van der Waals surface area contributed by atoms with Crippen LogP contribution in [0.3, 0.4) is 0 Å². The zero-order valence-electron chi connectivity index (χ0n) is 15.4. The van der Waals surface area contributed by atoms with Gasteiger partial charge in [0.25, 0.3) is 0 Å². The third-order valence-corrected chi connectivity index (χ3v) is 4.10. The summed E-state index contributed by atoms with van der Waals surface area (Å²) in [7, 11) is 6.12. The van der Waals surface area contributed by atoms with E-state index < -0.39 is 0 Å². The quantitative estimate of drug-likeness (QED) is 0.717. The number of rotatable bonds is 5. The summed E-state index contributed by atoms with van der Waals surface area (Å²) in [5, 5.41) is 13.1. The van der Waals surface area contributed by atoms with Crippen molar-refractivity contribution in [3.8, 4) is 5.82 Å². The van der Waals surface area contributed by atoms with Gasteiger partial charge < -0.3 is 9.80 Å². The summed E-state index contributed by atoms with van der Waals surface area (Å²) in [5.41, 5.74) is 4.45. The van der Waals surface area contributed by atoms with E-state index in [1.54, 1.807) is 0 Å². The van der Waals surface area contributed by atoms with Crippen LogP contribution in [0, 0.1) is 13.8 Å². The Hall–Kier alpha value is -2.89. The van der Waals surface area contributed by atoms with Crippen LogP contribution in [0.5, 0.6) is 0 Å². The molecule has 0 saturated carbocycles. The van der Waals surface area contributed by atoms with E-state index in [0.717, 1.165) is 29.6 Å². The summed E-state index contributed by atoms with van der Waals surface area (Å²) < 4.78 is 1.81. The van der Waals surface area contributed by atoms with Crippen LogP contribution in [0.25, 0.3) is 5.82 Å². The number of aromatic nitrogens is 4. The molecule has 3 aromatic rings. The molecule has 0 bridgehead atoms. The number of anilines is 2. The predicted molar refractivity (Wildman–Crippen MR) is 102 cm³/mol. The van der Waals surface area contributed by atoms with Gasteiger partial charge in [0.15, 0.2) is 11.6 Å². The minimum Gasteiger partial charge on any atom is -0.378 e. The van der Waals surface area contributed by atoms with Gasteiger partial charge in [-0.25, -0.2) is 4.68 Å². The van der Waals surface area contributed by atoms with Crippen molar-refractivity contribution in [1.29, 1.82) is 0 Å². The maximum Gasteiger partial charge on any atom is 0.176 e. The Balaban J connectivity index is 1.76. The molecular weight excluding hydrogens is 312 g/mol. The highest BCUT2D eigenvalue weighted by atomic mass is 15.4. The lowest BCUT2D eigenvalue weighted by Crippen LogP contribution is -2.19. The Kier molecular flexibility index (Phi) is 4.70. The van der Waals surface area contributed by atoms with Crippen LogP contribution >= 0.6 is 0 Å². The van der Waals surface area contributed by atoms with E-state index in [4.69, 9.17) is 0 Å². The number of benzene rings is 1. The number of nitrogens with zero attached hydrogens (tertiary/aromatic N) is 6. The molecule has 0 aliphatic heterocycles. The van der Waals surface area contributed by atoms with E-state index in [0.29, 0.717) is 0 Å². The molecule has 6 nitrogen and oxygen atoms in total. The SMILES string of the molecule is Cc1cc(C)n(-c2ccc(N(C)Cc3cccc(N(C)C)c3)nn2)n1. The topological polar surface area (TPSA) is 50.1 Å². The van der Waals surface area contributed by atoms with Gasteiger partial charge in [-0.15, -0.1) is 10.2 Å². The molecule has 0 saturated heterocycles. The van der Waals surface area contributed by atoms with Crippen molar-refractivity contribution in [2.45, 2.75) is 20.4 Å². The summed E-state index contributed by atoms with van der Waals surface area (Å²) >= 11 is 0. The molecule has 25 heavy (non-hydrogen) atoms. The number of hydrogen-bond donors (Lipinski definition) is 0. The van der Waals surface area contributed by atoms with Gasteiger partial charge in [0.05, 0.1) is 5.69 Å². The predicted octanol–water partition coefficient (Wildman–Crippen LogP) is 2.98. The molecule has 3 rings (SSSR count). The molecule has 2 aromatic heterocycles. The lowest BCUT2D eigenvalue weighted by molar-refractivity contribution is 0.772. The van der Waals surface area contributed by atoms with Crippen molar-refractivity contribution in [3.63, 3.8) is 0 Å². The van der Waals surface area contributed by atoms with Crippen LogP contribution in [0.4, 0.5) is 11.5 Å². The van der Waals surface area contributed by atoms with Crippen LogP contribution in [0.2, 0.25) is 0 Å². The molecule has 0 aliphatic carbocycles. The molecule has 2 heterocycles. The van der Waals surface area contributed by atoms with Crippen molar-refractivity contribution in [3.05, 3.63) is 59.4 Å². The highest BCUT2D eigenvalue weighted by Crippen LogP contribution is 2.18. The minimum atomic E-state index is 0.734. The molecule has 0 radical (unpaired) electrons. The fraction of sp³-hybridized carbons (Fsp3) is 0.316. The molecular formula is C19H24N6. The largest absolute Gasteiger partial charge is 0.378 e. The average Bonchev–Trinajstić information content (AvgIpc) is 2.93. The first-order chi connectivity index (χ1) is 11.9. The summed E-state index contributed by atoms with van der Waals surface area (Å²) in [5.74, 6) is 1.57. The van der Waals surface area contributed by atoms with Crippen LogP contribution in [-0.2, 0) is 6.54 Å². The third-order valence-electron chi connectivity index (χ3n) is 4.10. The Morgan fingerprint density at radius 1 is 0.960 bits per heavy atom.